The van der Waals surface area contributed by atoms with Crippen LogP contribution in [-0.4, -0.2) is 16.9 Å². The van der Waals surface area contributed by atoms with Crippen LogP contribution >= 0.6 is 0 Å². The zero-order chi connectivity index (χ0) is 20.2. The topological polar surface area (TPSA) is 48.3 Å². The van der Waals surface area contributed by atoms with E-state index in [1.165, 1.54) is 12.1 Å². The molecule has 0 radical (unpaired) electrons. The molecule has 0 atom stereocenters. The molecule has 0 bridgehead atoms. The Kier molecular flexibility index (Phi) is 5.44. The third-order valence-corrected chi connectivity index (χ3v) is 4.77. The molecule has 0 aliphatic carbocycles. The van der Waals surface area contributed by atoms with Gasteiger partial charge in [0.2, 0.25) is 0 Å². The molecule has 4 rings (SSSR count). The maximum Gasteiger partial charge on any atom is 0.132 e. The summed E-state index contributed by atoms with van der Waals surface area (Å²) in [6.07, 6.45) is 1.80. The Morgan fingerprint density at radius 3 is 2.55 bits per heavy atom. The second kappa shape index (κ2) is 8.32. The van der Waals surface area contributed by atoms with E-state index in [1.807, 2.05) is 54.2 Å². The number of benzene rings is 3. The van der Waals surface area contributed by atoms with Crippen LogP contribution in [0.1, 0.15) is 11.1 Å². The first kappa shape index (κ1) is 19.0. The van der Waals surface area contributed by atoms with Crippen molar-refractivity contribution in [3.8, 4) is 17.2 Å². The van der Waals surface area contributed by atoms with Crippen molar-refractivity contribution in [2.24, 2.45) is 7.05 Å². The smallest absolute Gasteiger partial charge is 0.132 e. The van der Waals surface area contributed by atoms with Gasteiger partial charge in [0.15, 0.2) is 0 Å². The lowest BCUT2D eigenvalue weighted by molar-refractivity contribution is 0.414. The van der Waals surface area contributed by atoms with Gasteiger partial charge in [0.25, 0.3) is 0 Å². The third-order valence-electron chi connectivity index (χ3n) is 4.77. The SMILES string of the molecule is COc1ccc(CNCc2cc(F)ccc2Oc2ccc3c(cnn3C)c2)cc1. The van der Waals surface area contributed by atoms with Gasteiger partial charge in [-0.05, 0) is 54.1 Å². The highest BCUT2D eigenvalue weighted by atomic mass is 19.1. The summed E-state index contributed by atoms with van der Waals surface area (Å²) < 4.78 is 26.9. The highest BCUT2D eigenvalue weighted by molar-refractivity contribution is 5.80. The number of nitrogens with one attached hydrogen (secondary N) is 1. The van der Waals surface area contributed by atoms with Crippen LogP contribution in [-0.2, 0) is 20.1 Å². The van der Waals surface area contributed by atoms with Crippen LogP contribution in [0.4, 0.5) is 4.39 Å². The van der Waals surface area contributed by atoms with Gasteiger partial charge < -0.3 is 14.8 Å². The fourth-order valence-electron chi connectivity index (χ4n) is 3.20. The molecule has 0 amide bonds. The summed E-state index contributed by atoms with van der Waals surface area (Å²) in [6, 6.07) is 18.2. The summed E-state index contributed by atoms with van der Waals surface area (Å²) in [5.41, 5.74) is 2.90. The number of nitrogens with zero attached hydrogens (tertiary/aromatic N) is 2. The van der Waals surface area contributed by atoms with Crippen molar-refractivity contribution in [3.05, 3.63) is 83.8 Å². The molecule has 148 valence electrons. The molecule has 0 aliphatic rings. The number of aromatic nitrogens is 2. The number of aryl methyl sites for hydroxylation is 1. The van der Waals surface area contributed by atoms with Gasteiger partial charge in [-0.3, -0.25) is 4.68 Å². The van der Waals surface area contributed by atoms with E-state index in [2.05, 4.69) is 10.4 Å². The molecule has 5 nitrogen and oxygen atoms in total. The summed E-state index contributed by atoms with van der Waals surface area (Å²) in [4.78, 5) is 0. The van der Waals surface area contributed by atoms with Gasteiger partial charge in [-0.15, -0.1) is 0 Å². The van der Waals surface area contributed by atoms with Crippen molar-refractivity contribution in [1.82, 2.24) is 15.1 Å². The van der Waals surface area contributed by atoms with E-state index in [4.69, 9.17) is 9.47 Å². The van der Waals surface area contributed by atoms with Crippen molar-refractivity contribution in [2.75, 3.05) is 7.11 Å². The molecule has 3 aromatic carbocycles. The van der Waals surface area contributed by atoms with E-state index >= 15 is 0 Å². The highest BCUT2D eigenvalue weighted by Gasteiger charge is 2.09. The summed E-state index contributed by atoms with van der Waals surface area (Å²) in [7, 11) is 3.54. The van der Waals surface area contributed by atoms with Crippen LogP contribution in [0, 0.1) is 5.82 Å². The lowest BCUT2D eigenvalue weighted by Crippen LogP contribution is -2.13. The average molecular weight is 391 g/mol. The van der Waals surface area contributed by atoms with Crippen molar-refractivity contribution in [2.45, 2.75) is 13.1 Å². The van der Waals surface area contributed by atoms with Crippen molar-refractivity contribution in [3.63, 3.8) is 0 Å². The summed E-state index contributed by atoms with van der Waals surface area (Å²) in [5.74, 6) is 1.84. The molecule has 4 aromatic rings. The van der Waals surface area contributed by atoms with Crippen LogP contribution in [0.2, 0.25) is 0 Å². The normalized spacial score (nSPS) is 11.0. The first-order valence-corrected chi connectivity index (χ1v) is 9.34. The number of ether oxygens (including phenoxy) is 2. The van der Waals surface area contributed by atoms with Gasteiger partial charge in [-0.1, -0.05) is 12.1 Å². The minimum Gasteiger partial charge on any atom is -0.497 e. The number of methoxy groups -OCH3 is 1. The maximum absolute atomic E-state index is 13.8. The molecule has 29 heavy (non-hydrogen) atoms. The van der Waals surface area contributed by atoms with Crippen LogP contribution in [0.5, 0.6) is 17.2 Å². The number of hydrogen-bond acceptors (Lipinski definition) is 4. The Morgan fingerprint density at radius 1 is 0.966 bits per heavy atom. The fraction of sp³-hybridized carbons (Fsp3) is 0.174. The van der Waals surface area contributed by atoms with Crippen LogP contribution in [0.25, 0.3) is 10.9 Å². The van der Waals surface area contributed by atoms with E-state index in [1.54, 1.807) is 19.4 Å². The summed E-state index contributed by atoms with van der Waals surface area (Å²) in [6.45, 7) is 1.13. The molecule has 0 fully saturated rings. The summed E-state index contributed by atoms with van der Waals surface area (Å²) in [5, 5.41) is 8.58. The number of fused-ring (bicyclic) bond motifs is 1. The van der Waals surface area contributed by atoms with Crippen LogP contribution < -0.4 is 14.8 Å². The largest absolute Gasteiger partial charge is 0.497 e. The Labute approximate surface area is 168 Å². The van der Waals surface area contributed by atoms with Gasteiger partial charge in [0.1, 0.15) is 23.1 Å². The Morgan fingerprint density at radius 2 is 1.76 bits per heavy atom. The predicted molar refractivity (Wildman–Crippen MR) is 111 cm³/mol. The molecular weight excluding hydrogens is 369 g/mol. The Balaban J connectivity index is 1.47. The number of halogens is 1. The predicted octanol–water partition coefficient (Wildman–Crippen LogP) is 4.80. The lowest BCUT2D eigenvalue weighted by Gasteiger charge is -2.13. The van der Waals surface area contributed by atoms with Gasteiger partial charge in [-0.25, -0.2) is 4.39 Å². The van der Waals surface area contributed by atoms with E-state index in [0.29, 0.717) is 24.6 Å². The molecule has 1 heterocycles. The first-order valence-electron chi connectivity index (χ1n) is 9.34. The molecule has 1 N–H and O–H groups in total. The van der Waals surface area contributed by atoms with Crippen molar-refractivity contribution in [1.29, 1.82) is 0 Å². The van der Waals surface area contributed by atoms with E-state index < -0.39 is 0 Å². The summed E-state index contributed by atoms with van der Waals surface area (Å²) >= 11 is 0. The molecule has 0 saturated carbocycles. The zero-order valence-electron chi connectivity index (χ0n) is 16.4. The molecule has 0 saturated heterocycles. The first-order chi connectivity index (χ1) is 14.1. The van der Waals surface area contributed by atoms with Gasteiger partial charge >= 0.3 is 0 Å². The molecular formula is C23H22FN3O2. The zero-order valence-corrected chi connectivity index (χ0v) is 16.4. The quantitative estimate of drug-likeness (QED) is 0.491. The second-order valence-electron chi connectivity index (χ2n) is 6.79. The van der Waals surface area contributed by atoms with Crippen LogP contribution in [0.15, 0.2) is 66.9 Å². The van der Waals surface area contributed by atoms with E-state index in [-0.39, 0.29) is 5.82 Å². The monoisotopic (exact) mass is 391 g/mol. The molecule has 1 aromatic heterocycles. The standard InChI is InChI=1S/C23H22FN3O2/c1-27-22-9-8-21(12-17(22)15-26-27)29-23-10-5-19(24)11-18(23)14-25-13-16-3-6-20(28-2)7-4-16/h3-12,15,25H,13-14H2,1-2H3. The van der Waals surface area contributed by atoms with Crippen LogP contribution in [0.3, 0.4) is 0 Å². The number of hydrogen-bond donors (Lipinski definition) is 1. The maximum atomic E-state index is 13.8. The minimum absolute atomic E-state index is 0.290. The second-order valence-corrected chi connectivity index (χ2v) is 6.79. The lowest BCUT2D eigenvalue weighted by atomic mass is 10.1. The third kappa shape index (κ3) is 4.38. The molecule has 6 heteroatoms. The molecule has 0 spiro atoms. The van der Waals surface area contributed by atoms with E-state index in [9.17, 15) is 4.39 Å². The Bertz CT molecular complexity index is 1120. The molecule has 0 aliphatic heterocycles. The van der Waals surface area contributed by atoms with Gasteiger partial charge in [-0.2, -0.15) is 5.10 Å². The highest BCUT2D eigenvalue weighted by Crippen LogP contribution is 2.28. The van der Waals surface area contributed by atoms with E-state index in [0.717, 1.165) is 27.8 Å². The van der Waals surface area contributed by atoms with Crippen molar-refractivity contribution < 1.29 is 13.9 Å². The van der Waals surface area contributed by atoms with Crippen molar-refractivity contribution >= 4 is 10.9 Å². The number of rotatable bonds is 7. The molecule has 0 unspecified atom stereocenters. The Hall–Kier alpha value is -3.38. The minimum atomic E-state index is -0.290. The van der Waals surface area contributed by atoms with Gasteiger partial charge in [0, 0.05) is 31.1 Å². The van der Waals surface area contributed by atoms with Gasteiger partial charge in [0.05, 0.1) is 18.8 Å². The average Bonchev–Trinajstić information content (AvgIpc) is 3.10. The fourth-order valence-corrected chi connectivity index (χ4v) is 3.20.